The van der Waals surface area contributed by atoms with E-state index in [0.717, 1.165) is 0 Å². The molecule has 1 aromatic heterocycles. The molecule has 0 fully saturated rings. The lowest BCUT2D eigenvalue weighted by Crippen LogP contribution is -2.12. The van der Waals surface area contributed by atoms with Crippen LogP contribution in [-0.2, 0) is 0 Å². The van der Waals surface area contributed by atoms with Gasteiger partial charge in [0.2, 0.25) is 0 Å². The van der Waals surface area contributed by atoms with E-state index in [1.165, 1.54) is 6.20 Å². The largest absolute Gasteiger partial charge is 0.321 e. The standard InChI is InChI=1S/C10H7N5O/c11-5-7-2-1-3-8(4-7)13-10(16)9-6-12-15-14-9/h1-4,6H,(H,13,16)(H,12,14,15). The van der Waals surface area contributed by atoms with Gasteiger partial charge >= 0.3 is 0 Å². The first-order valence-electron chi connectivity index (χ1n) is 4.47. The van der Waals surface area contributed by atoms with Crippen molar-refractivity contribution in [3.8, 4) is 6.07 Å². The first-order chi connectivity index (χ1) is 7.79. The molecule has 2 aromatic rings. The van der Waals surface area contributed by atoms with E-state index in [4.69, 9.17) is 5.26 Å². The number of nitriles is 1. The predicted molar refractivity (Wildman–Crippen MR) is 55.5 cm³/mol. The molecule has 0 atom stereocenters. The lowest BCUT2D eigenvalue weighted by molar-refractivity contribution is 0.102. The van der Waals surface area contributed by atoms with Crippen molar-refractivity contribution in [1.82, 2.24) is 15.4 Å². The monoisotopic (exact) mass is 213 g/mol. The normalized spacial score (nSPS) is 9.44. The third-order valence-electron chi connectivity index (χ3n) is 1.90. The number of anilines is 1. The van der Waals surface area contributed by atoms with Crippen molar-refractivity contribution >= 4 is 11.6 Å². The summed E-state index contributed by atoms with van der Waals surface area (Å²) in [4.78, 5) is 11.6. The van der Waals surface area contributed by atoms with Crippen LogP contribution in [0.5, 0.6) is 0 Å². The van der Waals surface area contributed by atoms with Gasteiger partial charge in [-0.3, -0.25) is 4.79 Å². The Morgan fingerprint density at radius 1 is 1.50 bits per heavy atom. The minimum Gasteiger partial charge on any atom is -0.321 e. The Labute approximate surface area is 90.9 Å². The molecule has 0 spiro atoms. The van der Waals surface area contributed by atoms with Crippen molar-refractivity contribution in [2.45, 2.75) is 0 Å². The number of nitrogens with zero attached hydrogens (tertiary/aromatic N) is 3. The van der Waals surface area contributed by atoms with Crippen LogP contribution in [0.2, 0.25) is 0 Å². The van der Waals surface area contributed by atoms with Gasteiger partial charge in [0.1, 0.15) is 0 Å². The Balaban J connectivity index is 2.16. The molecule has 2 rings (SSSR count). The summed E-state index contributed by atoms with van der Waals surface area (Å²) in [5.74, 6) is -0.371. The molecule has 78 valence electrons. The lowest BCUT2D eigenvalue weighted by Gasteiger charge is -2.02. The van der Waals surface area contributed by atoms with Gasteiger partial charge in [-0.25, -0.2) is 0 Å². The fraction of sp³-hybridized carbons (Fsp3) is 0. The third kappa shape index (κ3) is 2.04. The lowest BCUT2D eigenvalue weighted by atomic mass is 10.2. The van der Waals surface area contributed by atoms with Gasteiger partial charge in [-0.05, 0) is 18.2 Å². The Kier molecular flexibility index (Phi) is 2.61. The van der Waals surface area contributed by atoms with Gasteiger partial charge < -0.3 is 5.32 Å². The van der Waals surface area contributed by atoms with E-state index >= 15 is 0 Å². The molecular weight excluding hydrogens is 206 g/mol. The fourth-order valence-electron chi connectivity index (χ4n) is 1.17. The van der Waals surface area contributed by atoms with Gasteiger partial charge in [0.15, 0.2) is 5.69 Å². The maximum Gasteiger partial charge on any atom is 0.277 e. The Bertz CT molecular complexity index is 541. The van der Waals surface area contributed by atoms with Crippen LogP contribution >= 0.6 is 0 Å². The second-order valence-corrected chi connectivity index (χ2v) is 3.00. The van der Waals surface area contributed by atoms with Gasteiger partial charge in [-0.15, -0.1) is 0 Å². The van der Waals surface area contributed by atoms with Crippen molar-refractivity contribution in [1.29, 1.82) is 5.26 Å². The average Bonchev–Trinajstić information content (AvgIpc) is 2.83. The van der Waals surface area contributed by atoms with Gasteiger partial charge in [0, 0.05) is 5.69 Å². The molecule has 16 heavy (non-hydrogen) atoms. The van der Waals surface area contributed by atoms with Crippen LogP contribution in [0.1, 0.15) is 16.1 Å². The number of rotatable bonds is 2. The zero-order chi connectivity index (χ0) is 11.4. The first-order valence-corrected chi connectivity index (χ1v) is 4.47. The van der Waals surface area contributed by atoms with Crippen LogP contribution in [0.25, 0.3) is 0 Å². The maximum atomic E-state index is 11.6. The van der Waals surface area contributed by atoms with Crippen LogP contribution in [-0.4, -0.2) is 21.3 Å². The first kappa shape index (κ1) is 9.86. The van der Waals surface area contributed by atoms with E-state index in [9.17, 15) is 4.79 Å². The molecular formula is C10H7N5O. The van der Waals surface area contributed by atoms with E-state index < -0.39 is 0 Å². The maximum absolute atomic E-state index is 11.6. The van der Waals surface area contributed by atoms with Crippen LogP contribution in [0, 0.1) is 11.3 Å². The van der Waals surface area contributed by atoms with Crippen LogP contribution in [0.15, 0.2) is 30.5 Å². The molecule has 0 unspecified atom stereocenters. The number of benzene rings is 1. The molecule has 0 aliphatic carbocycles. The zero-order valence-corrected chi connectivity index (χ0v) is 8.14. The summed E-state index contributed by atoms with van der Waals surface area (Å²) >= 11 is 0. The van der Waals surface area contributed by atoms with E-state index in [0.29, 0.717) is 11.3 Å². The third-order valence-corrected chi connectivity index (χ3v) is 1.90. The van der Waals surface area contributed by atoms with Crippen LogP contribution < -0.4 is 5.32 Å². The highest BCUT2D eigenvalue weighted by Crippen LogP contribution is 2.10. The minimum atomic E-state index is -0.371. The van der Waals surface area contributed by atoms with Crippen molar-refractivity contribution in [2.24, 2.45) is 0 Å². The highest BCUT2D eigenvalue weighted by atomic mass is 16.2. The molecule has 1 heterocycles. The quantitative estimate of drug-likeness (QED) is 0.775. The predicted octanol–water partition coefficient (Wildman–Crippen LogP) is 0.929. The van der Waals surface area contributed by atoms with Gasteiger partial charge in [-0.2, -0.15) is 20.7 Å². The van der Waals surface area contributed by atoms with E-state index in [2.05, 4.69) is 20.7 Å². The second kappa shape index (κ2) is 4.23. The van der Waals surface area contributed by atoms with E-state index in [-0.39, 0.29) is 11.6 Å². The van der Waals surface area contributed by atoms with Gasteiger partial charge in [0.25, 0.3) is 5.91 Å². The summed E-state index contributed by atoms with van der Waals surface area (Å²) in [6.45, 7) is 0. The van der Waals surface area contributed by atoms with Crippen LogP contribution in [0.4, 0.5) is 5.69 Å². The number of H-pyrrole nitrogens is 1. The molecule has 0 radical (unpaired) electrons. The summed E-state index contributed by atoms with van der Waals surface area (Å²) in [5, 5.41) is 20.8. The SMILES string of the molecule is N#Cc1cccc(NC(=O)c2cn[nH]n2)c1. The van der Waals surface area contributed by atoms with Crippen LogP contribution in [0.3, 0.4) is 0 Å². The smallest absolute Gasteiger partial charge is 0.277 e. The van der Waals surface area contributed by atoms with Crippen molar-refractivity contribution < 1.29 is 4.79 Å². The summed E-state index contributed by atoms with van der Waals surface area (Å²) in [6, 6.07) is 8.61. The summed E-state index contributed by atoms with van der Waals surface area (Å²) in [6.07, 6.45) is 1.32. The second-order valence-electron chi connectivity index (χ2n) is 3.00. The Morgan fingerprint density at radius 2 is 2.38 bits per heavy atom. The number of aromatic amines is 1. The number of amides is 1. The minimum absolute atomic E-state index is 0.197. The average molecular weight is 213 g/mol. The summed E-state index contributed by atoms with van der Waals surface area (Å²) < 4.78 is 0. The van der Waals surface area contributed by atoms with Crippen molar-refractivity contribution in [3.05, 3.63) is 41.7 Å². The number of nitrogens with one attached hydrogen (secondary N) is 2. The molecule has 0 saturated carbocycles. The topological polar surface area (TPSA) is 94.5 Å². The number of carbonyl (C=O) groups excluding carboxylic acids is 1. The number of aromatic nitrogens is 3. The summed E-state index contributed by atoms with van der Waals surface area (Å²) in [5.41, 5.74) is 1.23. The van der Waals surface area contributed by atoms with E-state index in [1.807, 2.05) is 6.07 Å². The molecule has 1 amide bonds. The molecule has 1 aromatic carbocycles. The number of carbonyl (C=O) groups is 1. The molecule has 0 saturated heterocycles. The van der Waals surface area contributed by atoms with Crippen molar-refractivity contribution in [3.63, 3.8) is 0 Å². The number of hydrogen-bond acceptors (Lipinski definition) is 4. The van der Waals surface area contributed by atoms with Gasteiger partial charge in [0.05, 0.1) is 17.8 Å². The Hall–Kier alpha value is -2.68. The molecule has 0 aliphatic heterocycles. The molecule has 0 bridgehead atoms. The molecule has 2 N–H and O–H groups in total. The Morgan fingerprint density at radius 3 is 3.06 bits per heavy atom. The van der Waals surface area contributed by atoms with E-state index in [1.54, 1.807) is 24.3 Å². The van der Waals surface area contributed by atoms with Gasteiger partial charge in [-0.1, -0.05) is 6.07 Å². The summed E-state index contributed by atoms with van der Waals surface area (Å²) in [7, 11) is 0. The molecule has 6 heteroatoms. The zero-order valence-electron chi connectivity index (χ0n) is 8.14. The molecule has 6 nitrogen and oxygen atoms in total. The number of hydrogen-bond donors (Lipinski definition) is 2. The highest BCUT2D eigenvalue weighted by Gasteiger charge is 2.08. The highest BCUT2D eigenvalue weighted by molar-refractivity contribution is 6.02. The fourth-order valence-corrected chi connectivity index (χ4v) is 1.17. The van der Waals surface area contributed by atoms with Crippen molar-refractivity contribution in [2.75, 3.05) is 5.32 Å². The molecule has 0 aliphatic rings.